The van der Waals surface area contributed by atoms with Gasteiger partial charge in [-0.1, -0.05) is 12.5 Å². The maximum Gasteiger partial charge on any atom is 0.243 e. The van der Waals surface area contributed by atoms with Gasteiger partial charge in [-0.2, -0.15) is 0 Å². The van der Waals surface area contributed by atoms with E-state index < -0.39 is 15.8 Å². The molecule has 1 unspecified atom stereocenters. The minimum Gasteiger partial charge on any atom is -0.395 e. The number of nitrogens with zero attached hydrogens (tertiary/aromatic N) is 1. The molecule has 1 heterocycles. The van der Waals surface area contributed by atoms with Crippen LogP contribution in [0.1, 0.15) is 26.2 Å². The first-order chi connectivity index (χ1) is 9.90. The molecular weight excluding hydrogens is 293 g/mol. The number of nitrogens with one attached hydrogen (secondary N) is 1. The summed E-state index contributed by atoms with van der Waals surface area (Å²) in [5.74, 6) is -0.721. The number of sulfonamides is 1. The van der Waals surface area contributed by atoms with Crippen LogP contribution in [0.25, 0.3) is 0 Å². The number of para-hydroxylation sites is 1. The Morgan fingerprint density at radius 2 is 2.00 bits per heavy atom. The van der Waals surface area contributed by atoms with E-state index in [0.717, 1.165) is 32.0 Å². The number of nitrogens with two attached hydrogens (primary N) is 1. The van der Waals surface area contributed by atoms with Crippen LogP contribution in [-0.2, 0) is 10.0 Å². The highest BCUT2D eigenvalue weighted by Gasteiger charge is 2.23. The van der Waals surface area contributed by atoms with Crippen LogP contribution in [0.15, 0.2) is 23.1 Å². The highest BCUT2D eigenvalue weighted by Crippen LogP contribution is 2.21. The van der Waals surface area contributed by atoms with Crippen molar-refractivity contribution in [3.63, 3.8) is 0 Å². The molecule has 1 aliphatic rings. The second kappa shape index (κ2) is 6.72. The number of rotatable bonds is 5. The van der Waals surface area contributed by atoms with Crippen molar-refractivity contribution in [3.05, 3.63) is 24.0 Å². The largest absolute Gasteiger partial charge is 0.395 e. The zero-order valence-corrected chi connectivity index (χ0v) is 13.0. The highest BCUT2D eigenvalue weighted by atomic mass is 32.2. The zero-order valence-electron chi connectivity index (χ0n) is 12.2. The SMILES string of the molecule is CC(CN1CCCCC1)NS(=O)(=O)c1cccc(F)c1N. The number of hydrogen-bond acceptors (Lipinski definition) is 4. The van der Waals surface area contributed by atoms with Gasteiger partial charge in [0.05, 0.1) is 5.69 Å². The van der Waals surface area contributed by atoms with Gasteiger partial charge in [0.2, 0.25) is 10.0 Å². The Hall–Kier alpha value is -1.18. The molecule has 5 nitrogen and oxygen atoms in total. The van der Waals surface area contributed by atoms with E-state index in [2.05, 4.69) is 9.62 Å². The topological polar surface area (TPSA) is 75.4 Å². The molecular formula is C14H22FN3O2S. The maximum absolute atomic E-state index is 13.4. The normalized spacial score (nSPS) is 18.6. The number of anilines is 1. The standard InChI is InChI=1S/C14H22FN3O2S/c1-11(10-18-8-3-2-4-9-18)17-21(19,20)13-7-5-6-12(15)14(13)16/h5-7,11,17H,2-4,8-10,16H2,1H3. The molecule has 1 fully saturated rings. The van der Waals surface area contributed by atoms with Crippen molar-refractivity contribution in [1.82, 2.24) is 9.62 Å². The van der Waals surface area contributed by atoms with Crippen molar-refractivity contribution < 1.29 is 12.8 Å². The number of nitrogen functional groups attached to an aromatic ring is 1. The second-order valence-corrected chi connectivity index (χ2v) is 7.22. The molecule has 1 aromatic carbocycles. The zero-order chi connectivity index (χ0) is 15.5. The Balaban J connectivity index is 2.04. The fourth-order valence-corrected chi connectivity index (χ4v) is 4.02. The molecule has 0 radical (unpaired) electrons. The lowest BCUT2D eigenvalue weighted by molar-refractivity contribution is 0.215. The number of hydrogen-bond donors (Lipinski definition) is 2. The van der Waals surface area contributed by atoms with E-state index in [1.54, 1.807) is 0 Å². The molecule has 21 heavy (non-hydrogen) atoms. The molecule has 118 valence electrons. The lowest BCUT2D eigenvalue weighted by Gasteiger charge is -2.29. The highest BCUT2D eigenvalue weighted by molar-refractivity contribution is 7.89. The number of halogens is 1. The van der Waals surface area contributed by atoms with E-state index in [0.29, 0.717) is 6.54 Å². The summed E-state index contributed by atoms with van der Waals surface area (Å²) >= 11 is 0. The minimum absolute atomic E-state index is 0.201. The van der Waals surface area contributed by atoms with E-state index in [9.17, 15) is 12.8 Å². The third kappa shape index (κ3) is 4.15. The molecule has 3 N–H and O–H groups in total. The lowest BCUT2D eigenvalue weighted by Crippen LogP contribution is -2.43. The predicted octanol–water partition coefficient (Wildman–Crippen LogP) is 1.56. The third-order valence-electron chi connectivity index (χ3n) is 3.64. The van der Waals surface area contributed by atoms with E-state index in [-0.39, 0.29) is 16.6 Å². The van der Waals surface area contributed by atoms with Crippen molar-refractivity contribution in [2.45, 2.75) is 37.1 Å². The summed E-state index contributed by atoms with van der Waals surface area (Å²) in [6, 6.07) is 3.55. The van der Waals surface area contributed by atoms with Crippen LogP contribution in [0.2, 0.25) is 0 Å². The number of benzene rings is 1. The second-order valence-electron chi connectivity index (χ2n) is 5.54. The molecule has 1 aliphatic heterocycles. The van der Waals surface area contributed by atoms with Crippen molar-refractivity contribution in [3.8, 4) is 0 Å². The summed E-state index contributed by atoms with van der Waals surface area (Å²) in [5, 5.41) is 0. The van der Waals surface area contributed by atoms with Gasteiger partial charge in [0.15, 0.2) is 0 Å². The molecule has 0 saturated carbocycles. The first kappa shape index (κ1) is 16.2. The Bertz CT molecular complexity index is 586. The van der Waals surface area contributed by atoms with Gasteiger partial charge in [0.1, 0.15) is 10.7 Å². The molecule has 2 rings (SSSR count). The van der Waals surface area contributed by atoms with Crippen LogP contribution in [0, 0.1) is 5.82 Å². The molecule has 0 bridgehead atoms. The fraction of sp³-hybridized carbons (Fsp3) is 0.571. The predicted molar refractivity (Wildman–Crippen MR) is 80.9 cm³/mol. The third-order valence-corrected chi connectivity index (χ3v) is 5.29. The summed E-state index contributed by atoms with van der Waals surface area (Å²) < 4.78 is 40.5. The Morgan fingerprint density at radius 1 is 1.33 bits per heavy atom. The smallest absolute Gasteiger partial charge is 0.243 e. The minimum atomic E-state index is -3.81. The maximum atomic E-state index is 13.4. The number of likely N-dealkylation sites (tertiary alicyclic amines) is 1. The quantitative estimate of drug-likeness (QED) is 0.809. The van der Waals surface area contributed by atoms with Gasteiger partial charge < -0.3 is 10.6 Å². The molecule has 0 aromatic heterocycles. The van der Waals surface area contributed by atoms with Crippen LogP contribution in [0.3, 0.4) is 0 Å². The molecule has 1 atom stereocenters. The van der Waals surface area contributed by atoms with Gasteiger partial charge in [-0.25, -0.2) is 17.5 Å². The van der Waals surface area contributed by atoms with E-state index in [1.807, 2.05) is 6.92 Å². The summed E-state index contributed by atoms with van der Waals surface area (Å²) in [5.41, 5.74) is 5.19. The molecule has 0 spiro atoms. The van der Waals surface area contributed by atoms with Crippen molar-refractivity contribution in [2.24, 2.45) is 0 Å². The monoisotopic (exact) mass is 315 g/mol. The molecule has 1 aromatic rings. The van der Waals surface area contributed by atoms with E-state index in [1.165, 1.54) is 18.6 Å². The fourth-order valence-electron chi connectivity index (χ4n) is 2.65. The Morgan fingerprint density at radius 3 is 2.67 bits per heavy atom. The molecule has 1 saturated heterocycles. The molecule has 7 heteroatoms. The lowest BCUT2D eigenvalue weighted by atomic mass is 10.1. The average molecular weight is 315 g/mol. The summed E-state index contributed by atoms with van der Waals surface area (Å²) in [6.45, 7) is 4.44. The molecule has 0 amide bonds. The van der Waals surface area contributed by atoms with Gasteiger partial charge in [-0.15, -0.1) is 0 Å². The van der Waals surface area contributed by atoms with Crippen LogP contribution >= 0.6 is 0 Å². The summed E-state index contributed by atoms with van der Waals surface area (Å²) in [7, 11) is -3.81. The first-order valence-corrected chi connectivity index (χ1v) is 8.67. The average Bonchev–Trinajstić information content (AvgIpc) is 2.42. The molecule has 0 aliphatic carbocycles. The number of piperidine rings is 1. The van der Waals surface area contributed by atoms with Crippen molar-refractivity contribution in [2.75, 3.05) is 25.4 Å². The van der Waals surface area contributed by atoms with Gasteiger partial charge in [-0.3, -0.25) is 0 Å². The van der Waals surface area contributed by atoms with E-state index >= 15 is 0 Å². The van der Waals surface area contributed by atoms with Gasteiger partial charge in [0, 0.05) is 12.6 Å². The van der Waals surface area contributed by atoms with Gasteiger partial charge in [-0.05, 0) is 45.0 Å². The van der Waals surface area contributed by atoms with Crippen LogP contribution in [0.4, 0.5) is 10.1 Å². The summed E-state index contributed by atoms with van der Waals surface area (Å²) in [4.78, 5) is 2.04. The van der Waals surface area contributed by atoms with Crippen molar-refractivity contribution >= 4 is 15.7 Å². The van der Waals surface area contributed by atoms with Gasteiger partial charge >= 0.3 is 0 Å². The van der Waals surface area contributed by atoms with Gasteiger partial charge in [0.25, 0.3) is 0 Å². The van der Waals surface area contributed by atoms with Crippen LogP contribution < -0.4 is 10.5 Å². The van der Waals surface area contributed by atoms with Crippen LogP contribution in [-0.4, -0.2) is 39.0 Å². The van der Waals surface area contributed by atoms with E-state index in [4.69, 9.17) is 5.73 Å². The first-order valence-electron chi connectivity index (χ1n) is 7.19. The summed E-state index contributed by atoms with van der Waals surface area (Å²) in [6.07, 6.45) is 3.53. The van der Waals surface area contributed by atoms with Crippen molar-refractivity contribution in [1.29, 1.82) is 0 Å². The van der Waals surface area contributed by atoms with Crippen LogP contribution in [0.5, 0.6) is 0 Å². The Kier molecular flexibility index (Phi) is 5.18. The Labute approximate surface area is 125 Å².